The number of nitrogens with one attached hydrogen (secondary N) is 1. The molecule has 0 aliphatic heterocycles. The predicted molar refractivity (Wildman–Crippen MR) is 76.7 cm³/mol. The van der Waals surface area contributed by atoms with E-state index < -0.39 is 15.8 Å². The first-order valence-electron chi connectivity index (χ1n) is 6.06. The second kappa shape index (κ2) is 6.78. The Morgan fingerprint density at radius 3 is 2.42 bits per heavy atom. The van der Waals surface area contributed by atoms with Gasteiger partial charge in [0.2, 0.25) is 10.0 Å². The van der Waals surface area contributed by atoms with Gasteiger partial charge in [-0.2, -0.15) is 0 Å². The van der Waals surface area contributed by atoms with Crippen molar-refractivity contribution >= 4 is 26.0 Å². The van der Waals surface area contributed by atoms with Gasteiger partial charge in [0.25, 0.3) is 0 Å². The van der Waals surface area contributed by atoms with Gasteiger partial charge in [-0.3, -0.25) is 0 Å². The third-order valence-electron chi connectivity index (χ3n) is 2.90. The van der Waals surface area contributed by atoms with Crippen LogP contribution >= 0.6 is 15.9 Å². The summed E-state index contributed by atoms with van der Waals surface area (Å²) in [5.41, 5.74) is 5.58. The number of halogens is 2. The van der Waals surface area contributed by atoms with Crippen molar-refractivity contribution in [3.05, 3.63) is 28.0 Å². The summed E-state index contributed by atoms with van der Waals surface area (Å²) in [7, 11) is -3.88. The minimum absolute atomic E-state index is 0.0568. The molecular formula is C12H18BrFN2O2S. The van der Waals surface area contributed by atoms with E-state index in [0.29, 0.717) is 17.3 Å². The molecule has 4 nitrogen and oxygen atoms in total. The van der Waals surface area contributed by atoms with Crippen molar-refractivity contribution in [2.75, 3.05) is 0 Å². The van der Waals surface area contributed by atoms with Crippen molar-refractivity contribution in [3.8, 4) is 0 Å². The van der Waals surface area contributed by atoms with E-state index in [0.717, 1.165) is 0 Å². The molecule has 0 aliphatic rings. The topological polar surface area (TPSA) is 72.2 Å². The molecule has 1 aromatic carbocycles. The van der Waals surface area contributed by atoms with Crippen molar-refractivity contribution in [3.63, 3.8) is 0 Å². The minimum Gasteiger partial charge on any atom is -0.326 e. The van der Waals surface area contributed by atoms with Gasteiger partial charge in [-0.15, -0.1) is 0 Å². The predicted octanol–water partition coefficient (Wildman–Crippen LogP) is 2.51. The first-order valence-corrected chi connectivity index (χ1v) is 8.33. The second-order valence-electron chi connectivity index (χ2n) is 4.22. The van der Waals surface area contributed by atoms with Crippen LogP contribution in [0.4, 0.5) is 4.39 Å². The lowest BCUT2D eigenvalue weighted by Crippen LogP contribution is -2.34. The third-order valence-corrected chi connectivity index (χ3v) is 4.87. The Bertz CT molecular complexity index is 545. The number of benzene rings is 1. The van der Waals surface area contributed by atoms with Gasteiger partial charge >= 0.3 is 0 Å². The lowest BCUT2D eigenvalue weighted by atomic mass is 10.2. The SMILES string of the molecule is CCC(CC)NS(=O)(=O)c1cc(Br)cc(CN)c1F. The molecule has 1 rings (SSSR count). The summed E-state index contributed by atoms with van der Waals surface area (Å²) in [5, 5.41) is 0. The maximum atomic E-state index is 14.1. The van der Waals surface area contributed by atoms with E-state index in [-0.39, 0.29) is 23.0 Å². The van der Waals surface area contributed by atoms with Crippen molar-refractivity contribution in [1.82, 2.24) is 4.72 Å². The molecular weight excluding hydrogens is 335 g/mol. The molecule has 0 heterocycles. The van der Waals surface area contributed by atoms with Crippen LogP contribution in [0.3, 0.4) is 0 Å². The summed E-state index contributed by atoms with van der Waals surface area (Å²) in [5.74, 6) is -0.788. The van der Waals surface area contributed by atoms with Crippen LogP contribution in [0.2, 0.25) is 0 Å². The van der Waals surface area contributed by atoms with Crippen LogP contribution in [0.15, 0.2) is 21.5 Å². The molecule has 0 unspecified atom stereocenters. The lowest BCUT2D eigenvalue weighted by Gasteiger charge is -2.16. The molecule has 3 N–H and O–H groups in total. The number of nitrogens with two attached hydrogens (primary N) is 1. The van der Waals surface area contributed by atoms with Gasteiger partial charge in [0.15, 0.2) is 0 Å². The van der Waals surface area contributed by atoms with Crippen LogP contribution in [0, 0.1) is 5.82 Å². The van der Waals surface area contributed by atoms with Crippen molar-refractivity contribution < 1.29 is 12.8 Å². The first kappa shape index (κ1) is 16.6. The maximum absolute atomic E-state index is 14.1. The Labute approximate surface area is 121 Å². The van der Waals surface area contributed by atoms with E-state index in [1.807, 2.05) is 13.8 Å². The highest BCUT2D eigenvalue weighted by atomic mass is 79.9. The van der Waals surface area contributed by atoms with Gasteiger partial charge in [-0.05, 0) is 25.0 Å². The van der Waals surface area contributed by atoms with Crippen molar-refractivity contribution in [1.29, 1.82) is 0 Å². The largest absolute Gasteiger partial charge is 0.326 e. The standard InChI is InChI=1S/C12H18BrFN2O2S/c1-3-10(4-2)16-19(17,18)11-6-9(13)5-8(7-15)12(11)14/h5-6,10,16H,3-4,7,15H2,1-2H3. The molecule has 0 fully saturated rings. The summed E-state index contributed by atoms with van der Waals surface area (Å²) in [4.78, 5) is -0.366. The zero-order valence-electron chi connectivity index (χ0n) is 10.9. The average molecular weight is 353 g/mol. The highest BCUT2D eigenvalue weighted by molar-refractivity contribution is 9.10. The molecule has 19 heavy (non-hydrogen) atoms. The Morgan fingerprint density at radius 2 is 1.95 bits per heavy atom. The van der Waals surface area contributed by atoms with Crippen LogP contribution in [0.1, 0.15) is 32.3 Å². The molecule has 0 aliphatic carbocycles. The average Bonchev–Trinajstić information content (AvgIpc) is 2.38. The van der Waals surface area contributed by atoms with Crippen LogP contribution in [-0.2, 0) is 16.6 Å². The lowest BCUT2D eigenvalue weighted by molar-refractivity contribution is 0.517. The Morgan fingerprint density at radius 1 is 1.37 bits per heavy atom. The zero-order valence-corrected chi connectivity index (χ0v) is 13.3. The Hall–Kier alpha value is -0.500. The number of hydrogen-bond acceptors (Lipinski definition) is 3. The molecule has 0 saturated carbocycles. The summed E-state index contributed by atoms with van der Waals surface area (Å²) < 4.78 is 41.4. The van der Waals surface area contributed by atoms with E-state index in [1.54, 1.807) is 0 Å². The molecule has 0 saturated heterocycles. The second-order valence-corrected chi connectivity index (χ2v) is 6.81. The summed E-state index contributed by atoms with van der Waals surface area (Å²) in [6.07, 6.45) is 1.30. The number of rotatable bonds is 6. The summed E-state index contributed by atoms with van der Waals surface area (Å²) in [6.45, 7) is 3.69. The smallest absolute Gasteiger partial charge is 0.243 e. The van der Waals surface area contributed by atoms with Gasteiger partial charge in [-0.1, -0.05) is 29.8 Å². The van der Waals surface area contributed by atoms with Gasteiger partial charge in [-0.25, -0.2) is 17.5 Å². The van der Waals surface area contributed by atoms with Gasteiger partial charge in [0.1, 0.15) is 10.7 Å². The minimum atomic E-state index is -3.88. The fraction of sp³-hybridized carbons (Fsp3) is 0.500. The van der Waals surface area contributed by atoms with Gasteiger partial charge in [0.05, 0.1) is 0 Å². The van der Waals surface area contributed by atoms with E-state index in [1.165, 1.54) is 12.1 Å². The highest BCUT2D eigenvalue weighted by Gasteiger charge is 2.24. The zero-order chi connectivity index (χ0) is 14.6. The van der Waals surface area contributed by atoms with E-state index in [4.69, 9.17) is 5.73 Å². The van der Waals surface area contributed by atoms with E-state index in [9.17, 15) is 12.8 Å². The molecule has 0 atom stereocenters. The number of sulfonamides is 1. The van der Waals surface area contributed by atoms with Gasteiger partial charge < -0.3 is 5.73 Å². The van der Waals surface area contributed by atoms with E-state index in [2.05, 4.69) is 20.7 Å². The molecule has 0 spiro atoms. The molecule has 0 bridgehead atoms. The fourth-order valence-corrected chi connectivity index (χ4v) is 3.91. The molecule has 7 heteroatoms. The molecule has 108 valence electrons. The fourth-order valence-electron chi connectivity index (χ4n) is 1.70. The van der Waals surface area contributed by atoms with Crippen LogP contribution in [0.5, 0.6) is 0 Å². The maximum Gasteiger partial charge on any atom is 0.243 e. The summed E-state index contributed by atoms with van der Waals surface area (Å²) in [6, 6.07) is 2.52. The quantitative estimate of drug-likeness (QED) is 0.826. The highest BCUT2D eigenvalue weighted by Crippen LogP contribution is 2.24. The first-order chi connectivity index (χ1) is 8.85. The normalized spacial score (nSPS) is 12.1. The monoisotopic (exact) mass is 352 g/mol. The Balaban J connectivity index is 3.25. The van der Waals surface area contributed by atoms with Crippen LogP contribution < -0.4 is 10.5 Å². The third kappa shape index (κ3) is 3.98. The summed E-state index contributed by atoms with van der Waals surface area (Å²) >= 11 is 3.17. The number of hydrogen-bond donors (Lipinski definition) is 2. The molecule has 0 aromatic heterocycles. The Kier molecular flexibility index (Phi) is 5.91. The van der Waals surface area contributed by atoms with Crippen LogP contribution in [-0.4, -0.2) is 14.5 Å². The molecule has 0 radical (unpaired) electrons. The molecule has 1 aromatic rings. The molecule has 0 amide bonds. The van der Waals surface area contributed by atoms with Gasteiger partial charge in [0, 0.05) is 22.6 Å². The van der Waals surface area contributed by atoms with Crippen LogP contribution in [0.25, 0.3) is 0 Å². The van der Waals surface area contributed by atoms with Crippen molar-refractivity contribution in [2.24, 2.45) is 5.73 Å². The van der Waals surface area contributed by atoms with E-state index >= 15 is 0 Å². The van der Waals surface area contributed by atoms with Crippen molar-refractivity contribution in [2.45, 2.75) is 44.2 Å².